The Morgan fingerprint density at radius 3 is 2.50 bits per heavy atom. The fraction of sp³-hybridized carbons (Fsp3) is 0.929. The van der Waals surface area contributed by atoms with Crippen molar-refractivity contribution in [3.63, 3.8) is 0 Å². The second kappa shape index (κ2) is 7.05. The van der Waals surface area contributed by atoms with E-state index in [4.69, 9.17) is 0 Å². The molecule has 0 aliphatic heterocycles. The number of aliphatic hydroxyl groups is 1. The van der Waals surface area contributed by atoms with Crippen LogP contribution in [0.15, 0.2) is 0 Å². The molecular weight excluding hydrogens is 200 g/mol. The zero-order valence-electron chi connectivity index (χ0n) is 10.6. The first-order chi connectivity index (χ1) is 7.67. The van der Waals surface area contributed by atoms with Crippen molar-refractivity contribution < 1.29 is 9.90 Å². The van der Waals surface area contributed by atoms with Crippen molar-refractivity contribution in [3.8, 4) is 0 Å². The van der Waals surface area contributed by atoms with Gasteiger partial charge in [-0.15, -0.1) is 0 Å². The smallest absolute Gasteiger partial charge is 0.119 e. The molecule has 0 heterocycles. The van der Waals surface area contributed by atoms with E-state index in [0.717, 1.165) is 32.0 Å². The Kier molecular flexibility index (Phi) is 6.04. The zero-order chi connectivity index (χ0) is 11.9. The maximum absolute atomic E-state index is 10.4. The Bertz CT molecular complexity index is 193. The first-order valence-electron chi connectivity index (χ1n) is 6.83. The van der Waals surface area contributed by atoms with Gasteiger partial charge in [-0.25, -0.2) is 0 Å². The van der Waals surface area contributed by atoms with E-state index in [9.17, 15) is 9.90 Å². The van der Waals surface area contributed by atoms with Gasteiger partial charge in [0, 0.05) is 6.42 Å². The highest BCUT2D eigenvalue weighted by Gasteiger charge is 2.31. The SMILES string of the molecule is CC(O)(CCCCCC=O)C1CCCCC1. The monoisotopic (exact) mass is 226 g/mol. The Balaban J connectivity index is 2.18. The molecule has 0 saturated heterocycles. The van der Waals surface area contributed by atoms with E-state index in [-0.39, 0.29) is 0 Å². The lowest BCUT2D eigenvalue weighted by molar-refractivity contribution is -0.107. The van der Waals surface area contributed by atoms with E-state index < -0.39 is 5.60 Å². The number of hydrogen-bond acceptors (Lipinski definition) is 2. The minimum Gasteiger partial charge on any atom is -0.390 e. The number of carbonyl (C=O) groups is 1. The van der Waals surface area contributed by atoms with Crippen molar-refractivity contribution in [1.82, 2.24) is 0 Å². The minimum atomic E-state index is -0.471. The van der Waals surface area contributed by atoms with E-state index >= 15 is 0 Å². The van der Waals surface area contributed by atoms with Gasteiger partial charge in [-0.3, -0.25) is 0 Å². The number of unbranched alkanes of at least 4 members (excludes halogenated alkanes) is 3. The summed E-state index contributed by atoms with van der Waals surface area (Å²) in [4.78, 5) is 10.2. The topological polar surface area (TPSA) is 37.3 Å². The van der Waals surface area contributed by atoms with Crippen LogP contribution in [0.25, 0.3) is 0 Å². The van der Waals surface area contributed by atoms with Crippen molar-refractivity contribution in [2.75, 3.05) is 0 Å². The number of rotatable bonds is 7. The molecule has 0 aromatic heterocycles. The summed E-state index contributed by atoms with van der Waals surface area (Å²) >= 11 is 0. The Hall–Kier alpha value is -0.370. The van der Waals surface area contributed by atoms with Gasteiger partial charge in [-0.1, -0.05) is 32.1 Å². The first kappa shape index (κ1) is 13.7. The number of hydrogen-bond donors (Lipinski definition) is 1. The molecule has 0 amide bonds. The van der Waals surface area contributed by atoms with Gasteiger partial charge in [0.2, 0.25) is 0 Å². The molecule has 2 heteroatoms. The molecule has 1 atom stereocenters. The normalized spacial score (nSPS) is 21.6. The summed E-state index contributed by atoms with van der Waals surface area (Å²) in [7, 11) is 0. The zero-order valence-corrected chi connectivity index (χ0v) is 10.6. The number of aldehydes is 1. The summed E-state index contributed by atoms with van der Waals surface area (Å²) in [5, 5.41) is 10.4. The van der Waals surface area contributed by atoms with Crippen LogP contribution in [0.2, 0.25) is 0 Å². The van der Waals surface area contributed by atoms with Gasteiger partial charge in [0.15, 0.2) is 0 Å². The van der Waals surface area contributed by atoms with Gasteiger partial charge in [0.25, 0.3) is 0 Å². The molecule has 1 fully saturated rings. The second-order valence-corrected chi connectivity index (χ2v) is 5.46. The molecule has 0 aromatic rings. The van der Waals surface area contributed by atoms with Crippen LogP contribution < -0.4 is 0 Å². The molecular formula is C14H26O2. The van der Waals surface area contributed by atoms with Gasteiger partial charge >= 0.3 is 0 Å². The highest BCUT2D eigenvalue weighted by molar-refractivity contribution is 5.48. The van der Waals surface area contributed by atoms with E-state index in [1.54, 1.807) is 0 Å². The molecule has 1 unspecified atom stereocenters. The van der Waals surface area contributed by atoms with Crippen LogP contribution in [0.5, 0.6) is 0 Å². The molecule has 16 heavy (non-hydrogen) atoms. The summed E-state index contributed by atoms with van der Waals surface area (Å²) in [6, 6.07) is 0. The molecule has 1 N–H and O–H groups in total. The Morgan fingerprint density at radius 2 is 1.88 bits per heavy atom. The predicted molar refractivity (Wildman–Crippen MR) is 66.3 cm³/mol. The van der Waals surface area contributed by atoms with Crippen molar-refractivity contribution in [2.45, 2.75) is 76.7 Å². The third-order valence-corrected chi connectivity index (χ3v) is 3.99. The van der Waals surface area contributed by atoms with Crippen LogP contribution in [0.1, 0.15) is 71.1 Å². The molecule has 0 bridgehead atoms. The van der Waals surface area contributed by atoms with Crippen molar-refractivity contribution >= 4 is 6.29 Å². The summed E-state index contributed by atoms with van der Waals surface area (Å²) in [6.07, 6.45) is 12.0. The summed E-state index contributed by atoms with van der Waals surface area (Å²) < 4.78 is 0. The van der Waals surface area contributed by atoms with Gasteiger partial charge in [-0.05, 0) is 38.5 Å². The molecule has 1 rings (SSSR count). The lowest BCUT2D eigenvalue weighted by Crippen LogP contribution is -2.35. The van der Waals surface area contributed by atoms with Crippen LogP contribution in [-0.4, -0.2) is 17.0 Å². The molecule has 2 nitrogen and oxygen atoms in total. The van der Waals surface area contributed by atoms with Crippen LogP contribution in [0.4, 0.5) is 0 Å². The number of carbonyl (C=O) groups excluding carboxylic acids is 1. The molecule has 1 saturated carbocycles. The van der Waals surface area contributed by atoms with Gasteiger partial charge in [0.1, 0.15) is 6.29 Å². The molecule has 0 aromatic carbocycles. The maximum atomic E-state index is 10.4. The van der Waals surface area contributed by atoms with Crippen LogP contribution in [0.3, 0.4) is 0 Å². The van der Waals surface area contributed by atoms with E-state index in [2.05, 4.69) is 0 Å². The fourth-order valence-corrected chi connectivity index (χ4v) is 2.82. The van der Waals surface area contributed by atoms with Gasteiger partial charge in [-0.2, -0.15) is 0 Å². The summed E-state index contributed by atoms with van der Waals surface area (Å²) in [5.41, 5.74) is -0.471. The lowest BCUT2D eigenvalue weighted by atomic mass is 9.75. The predicted octanol–water partition coefficient (Wildman–Crippen LogP) is 3.47. The quantitative estimate of drug-likeness (QED) is 0.533. The minimum absolute atomic E-state index is 0.471. The van der Waals surface area contributed by atoms with Crippen molar-refractivity contribution in [1.29, 1.82) is 0 Å². The highest BCUT2D eigenvalue weighted by Crippen LogP contribution is 2.35. The van der Waals surface area contributed by atoms with E-state index in [1.165, 1.54) is 32.1 Å². The van der Waals surface area contributed by atoms with Gasteiger partial charge in [0.05, 0.1) is 5.60 Å². The Morgan fingerprint density at radius 1 is 1.19 bits per heavy atom. The standard InChI is InChI=1S/C14H26O2/c1-14(16,11-7-2-3-8-12-15)13-9-5-4-6-10-13/h12-13,16H,2-11H2,1H3. The highest BCUT2D eigenvalue weighted by atomic mass is 16.3. The molecule has 94 valence electrons. The molecule has 0 radical (unpaired) electrons. The molecule has 0 spiro atoms. The second-order valence-electron chi connectivity index (χ2n) is 5.46. The van der Waals surface area contributed by atoms with E-state index in [0.29, 0.717) is 12.3 Å². The third kappa shape index (κ3) is 4.65. The van der Waals surface area contributed by atoms with E-state index in [1.807, 2.05) is 6.92 Å². The molecule has 1 aliphatic rings. The average molecular weight is 226 g/mol. The third-order valence-electron chi connectivity index (χ3n) is 3.99. The largest absolute Gasteiger partial charge is 0.390 e. The maximum Gasteiger partial charge on any atom is 0.119 e. The Labute approximate surface area is 99.4 Å². The van der Waals surface area contributed by atoms with Crippen molar-refractivity contribution in [2.24, 2.45) is 5.92 Å². The average Bonchev–Trinajstić information content (AvgIpc) is 2.30. The van der Waals surface area contributed by atoms with Crippen LogP contribution >= 0.6 is 0 Å². The van der Waals surface area contributed by atoms with Crippen LogP contribution in [-0.2, 0) is 4.79 Å². The summed E-state index contributed by atoms with van der Waals surface area (Å²) in [5.74, 6) is 0.507. The van der Waals surface area contributed by atoms with Gasteiger partial charge < -0.3 is 9.90 Å². The first-order valence-corrected chi connectivity index (χ1v) is 6.83. The van der Waals surface area contributed by atoms with Crippen molar-refractivity contribution in [3.05, 3.63) is 0 Å². The summed E-state index contributed by atoms with van der Waals surface area (Å²) in [6.45, 7) is 2.00. The molecule has 1 aliphatic carbocycles. The van der Waals surface area contributed by atoms with Crippen LogP contribution in [0, 0.1) is 5.92 Å². The fourth-order valence-electron chi connectivity index (χ4n) is 2.82. The lowest BCUT2D eigenvalue weighted by Gasteiger charge is -2.35.